The van der Waals surface area contributed by atoms with E-state index in [2.05, 4.69) is 29.0 Å². The Balaban J connectivity index is 1.25. The predicted molar refractivity (Wildman–Crippen MR) is 114 cm³/mol. The summed E-state index contributed by atoms with van der Waals surface area (Å²) < 4.78 is 0. The molecule has 28 heavy (non-hydrogen) atoms. The number of nitrogens with zero attached hydrogens (tertiary/aromatic N) is 3. The number of hydrogen-bond acceptors (Lipinski definition) is 5. The molecule has 3 fully saturated rings. The molecule has 1 amide bonds. The highest BCUT2D eigenvalue weighted by atomic mass is 32.1. The summed E-state index contributed by atoms with van der Waals surface area (Å²) >= 11 is 1.85. The van der Waals surface area contributed by atoms with Crippen molar-refractivity contribution >= 4 is 22.4 Å². The van der Waals surface area contributed by atoms with Gasteiger partial charge in [0.2, 0.25) is 5.91 Å². The fraction of sp³-hybridized carbons (Fsp3) is 0.818. The molecular weight excluding hydrogens is 368 g/mol. The summed E-state index contributed by atoms with van der Waals surface area (Å²) in [5, 5.41) is 4.77. The van der Waals surface area contributed by atoms with Crippen LogP contribution in [0.25, 0.3) is 0 Å². The monoisotopic (exact) mass is 402 g/mol. The van der Waals surface area contributed by atoms with Crippen LogP contribution in [0.2, 0.25) is 0 Å². The maximum Gasteiger partial charge on any atom is 0.223 e. The number of carbonyl (C=O) groups is 1. The third-order valence-electron chi connectivity index (χ3n) is 7.73. The standard InChI is InChI=1S/C22H34N4OS/c1-15-5-8-22(2,9-6-15)11-20(27)25-10-7-18-19(14-25)28-21(24-18)26-16-3-4-17(26)13-23-12-16/h15-17,23H,3-14H2,1-2H3. The molecule has 1 aliphatic carbocycles. The Morgan fingerprint density at radius 2 is 1.93 bits per heavy atom. The third-order valence-corrected chi connectivity index (χ3v) is 8.83. The Morgan fingerprint density at radius 3 is 2.64 bits per heavy atom. The lowest BCUT2D eigenvalue weighted by atomic mass is 9.70. The lowest BCUT2D eigenvalue weighted by Crippen LogP contribution is -2.51. The second-order valence-electron chi connectivity index (χ2n) is 10.1. The average molecular weight is 403 g/mol. The van der Waals surface area contributed by atoms with Gasteiger partial charge in [0.25, 0.3) is 0 Å². The van der Waals surface area contributed by atoms with Gasteiger partial charge < -0.3 is 15.1 Å². The van der Waals surface area contributed by atoms with E-state index in [1.54, 1.807) is 0 Å². The zero-order chi connectivity index (χ0) is 19.3. The van der Waals surface area contributed by atoms with E-state index in [9.17, 15) is 4.79 Å². The van der Waals surface area contributed by atoms with Crippen molar-refractivity contribution in [3.8, 4) is 0 Å². The van der Waals surface area contributed by atoms with E-state index in [4.69, 9.17) is 4.98 Å². The van der Waals surface area contributed by atoms with Gasteiger partial charge in [-0.25, -0.2) is 4.98 Å². The molecule has 1 aromatic rings. The Hall–Kier alpha value is -1.14. The Morgan fingerprint density at radius 1 is 1.21 bits per heavy atom. The number of thiazole rings is 1. The highest BCUT2D eigenvalue weighted by Crippen LogP contribution is 2.42. The molecule has 1 saturated carbocycles. The Bertz CT molecular complexity index is 723. The highest BCUT2D eigenvalue weighted by molar-refractivity contribution is 7.15. The summed E-state index contributed by atoms with van der Waals surface area (Å²) in [6.07, 6.45) is 9.17. The Kier molecular flexibility index (Phi) is 4.90. The van der Waals surface area contributed by atoms with E-state index in [-0.39, 0.29) is 5.41 Å². The summed E-state index contributed by atoms with van der Waals surface area (Å²) in [6.45, 7) is 8.47. The van der Waals surface area contributed by atoms with Crippen LogP contribution in [0.4, 0.5) is 5.13 Å². The van der Waals surface area contributed by atoms with Crippen molar-refractivity contribution in [2.24, 2.45) is 11.3 Å². The first-order chi connectivity index (χ1) is 13.5. The van der Waals surface area contributed by atoms with Crippen LogP contribution in [0.1, 0.15) is 69.4 Å². The molecule has 5 rings (SSSR count). The molecule has 2 bridgehead atoms. The van der Waals surface area contributed by atoms with Gasteiger partial charge in [-0.2, -0.15) is 0 Å². The quantitative estimate of drug-likeness (QED) is 0.840. The van der Waals surface area contributed by atoms with Gasteiger partial charge in [0.1, 0.15) is 0 Å². The third kappa shape index (κ3) is 3.47. The number of piperazine rings is 1. The van der Waals surface area contributed by atoms with Crippen molar-refractivity contribution in [2.75, 3.05) is 24.5 Å². The van der Waals surface area contributed by atoms with Crippen molar-refractivity contribution in [2.45, 2.75) is 83.8 Å². The van der Waals surface area contributed by atoms with Gasteiger partial charge in [0.05, 0.1) is 12.2 Å². The number of rotatable bonds is 3. The van der Waals surface area contributed by atoms with Gasteiger partial charge >= 0.3 is 0 Å². The van der Waals surface area contributed by atoms with Crippen LogP contribution < -0.4 is 10.2 Å². The molecule has 154 valence electrons. The van der Waals surface area contributed by atoms with Crippen molar-refractivity contribution in [1.29, 1.82) is 0 Å². The summed E-state index contributed by atoms with van der Waals surface area (Å²) in [5.41, 5.74) is 1.46. The molecule has 5 nitrogen and oxygen atoms in total. The molecule has 4 aliphatic rings. The van der Waals surface area contributed by atoms with E-state index in [1.807, 2.05) is 11.3 Å². The predicted octanol–water partition coefficient (Wildman–Crippen LogP) is 3.57. The van der Waals surface area contributed by atoms with E-state index in [1.165, 1.54) is 54.2 Å². The lowest BCUT2D eigenvalue weighted by molar-refractivity contribution is -0.135. The number of hydrogen-bond donors (Lipinski definition) is 1. The average Bonchev–Trinajstić information content (AvgIpc) is 3.21. The van der Waals surface area contributed by atoms with Crippen LogP contribution in [0, 0.1) is 11.3 Å². The SMILES string of the molecule is CC1CCC(C)(CC(=O)N2CCc3nc(N4C5CCC4CNC5)sc3C2)CC1. The molecule has 2 saturated heterocycles. The topological polar surface area (TPSA) is 48.5 Å². The molecule has 6 heteroatoms. The van der Waals surface area contributed by atoms with E-state index in [0.29, 0.717) is 18.0 Å². The van der Waals surface area contributed by atoms with Gasteiger partial charge in [-0.1, -0.05) is 38.0 Å². The molecule has 0 spiro atoms. The smallest absolute Gasteiger partial charge is 0.223 e. The minimum Gasteiger partial charge on any atom is -0.340 e. The number of fused-ring (bicyclic) bond motifs is 3. The van der Waals surface area contributed by atoms with Crippen molar-refractivity contribution in [3.63, 3.8) is 0 Å². The van der Waals surface area contributed by atoms with Crippen molar-refractivity contribution in [3.05, 3.63) is 10.6 Å². The molecule has 4 heterocycles. The minimum absolute atomic E-state index is 0.211. The van der Waals surface area contributed by atoms with Crippen LogP contribution in [0.3, 0.4) is 0 Å². The second-order valence-corrected chi connectivity index (χ2v) is 11.1. The lowest BCUT2D eigenvalue weighted by Gasteiger charge is -2.37. The summed E-state index contributed by atoms with van der Waals surface area (Å²) in [5.74, 6) is 1.19. The van der Waals surface area contributed by atoms with Gasteiger partial charge in [-0.3, -0.25) is 4.79 Å². The van der Waals surface area contributed by atoms with Crippen molar-refractivity contribution in [1.82, 2.24) is 15.2 Å². The number of amides is 1. The molecule has 0 radical (unpaired) electrons. The van der Waals surface area contributed by atoms with E-state index >= 15 is 0 Å². The number of anilines is 1. The maximum absolute atomic E-state index is 13.1. The van der Waals surface area contributed by atoms with E-state index < -0.39 is 0 Å². The fourth-order valence-corrected chi connectivity index (χ4v) is 6.97. The largest absolute Gasteiger partial charge is 0.340 e. The van der Waals surface area contributed by atoms with Crippen LogP contribution >= 0.6 is 11.3 Å². The van der Waals surface area contributed by atoms with Crippen LogP contribution in [0.5, 0.6) is 0 Å². The molecule has 2 unspecified atom stereocenters. The van der Waals surface area contributed by atoms with Crippen LogP contribution in [-0.2, 0) is 17.8 Å². The minimum atomic E-state index is 0.211. The fourth-order valence-electron chi connectivity index (χ4n) is 5.71. The zero-order valence-corrected chi connectivity index (χ0v) is 18.2. The normalized spacial score (nSPS) is 35.1. The van der Waals surface area contributed by atoms with Gasteiger partial charge in [-0.05, 0) is 37.0 Å². The van der Waals surface area contributed by atoms with E-state index in [0.717, 1.165) is 44.9 Å². The Labute approximate surface area is 172 Å². The molecule has 2 atom stereocenters. The van der Waals surface area contributed by atoms with Gasteiger partial charge in [-0.15, -0.1) is 0 Å². The number of nitrogens with one attached hydrogen (secondary N) is 1. The van der Waals surface area contributed by atoms with Crippen molar-refractivity contribution < 1.29 is 4.79 Å². The molecule has 0 aromatic carbocycles. The van der Waals surface area contributed by atoms with Gasteiger partial charge in [0, 0.05) is 49.4 Å². The zero-order valence-electron chi connectivity index (χ0n) is 17.4. The molecular formula is C22H34N4OS. The first-order valence-electron chi connectivity index (χ1n) is 11.3. The molecule has 3 aliphatic heterocycles. The first kappa shape index (κ1) is 18.9. The summed E-state index contributed by atoms with van der Waals surface area (Å²) in [4.78, 5) is 24.1. The highest BCUT2D eigenvalue weighted by Gasteiger charge is 2.39. The summed E-state index contributed by atoms with van der Waals surface area (Å²) in [7, 11) is 0. The van der Waals surface area contributed by atoms with Gasteiger partial charge in [0.15, 0.2) is 5.13 Å². The number of aromatic nitrogens is 1. The van der Waals surface area contributed by atoms with Crippen LogP contribution in [-0.4, -0.2) is 47.5 Å². The first-order valence-corrected chi connectivity index (χ1v) is 12.1. The number of carbonyl (C=O) groups excluding carboxylic acids is 1. The second kappa shape index (κ2) is 7.28. The molecule has 1 aromatic heterocycles. The van der Waals surface area contributed by atoms with Crippen LogP contribution in [0.15, 0.2) is 0 Å². The maximum atomic E-state index is 13.1. The summed E-state index contributed by atoms with van der Waals surface area (Å²) in [6, 6.07) is 1.22. The molecule has 1 N–H and O–H groups in total.